The zero-order chi connectivity index (χ0) is 31.7. The van der Waals surface area contributed by atoms with Gasteiger partial charge in [-0.3, -0.25) is 4.79 Å². The number of hydrogen-bond acceptors (Lipinski definition) is 6. The lowest BCUT2D eigenvalue weighted by Gasteiger charge is -2.62. The number of carboxylic acid groups (broad SMARTS) is 1. The SMILES string of the molecule is C[C@H](CCC[C@@H](C)[C@H]1CCC2C3C(CC[C@@]21C)[C@@]1(C)CC[C@H](NCCCNCCCCNCCCN)C[C@@H]1C[C@H]3O)C(=O)O. The number of nitrogens with one attached hydrogen (secondary N) is 3. The molecule has 3 unspecified atom stereocenters. The third-order valence-electron chi connectivity index (χ3n) is 13.6. The molecule has 0 aromatic carbocycles. The van der Waals surface area contributed by atoms with E-state index >= 15 is 0 Å². The van der Waals surface area contributed by atoms with Crippen LogP contribution >= 0.6 is 0 Å². The van der Waals surface area contributed by atoms with Crippen LogP contribution in [0.1, 0.15) is 124 Å². The monoisotopic (exact) mass is 619 g/mol. The summed E-state index contributed by atoms with van der Waals surface area (Å²) in [6.07, 6.45) is 17.5. The second kappa shape index (κ2) is 16.9. The number of nitrogens with two attached hydrogens (primary N) is 1. The van der Waals surface area contributed by atoms with E-state index in [2.05, 4.69) is 36.7 Å². The van der Waals surface area contributed by atoms with Gasteiger partial charge in [0.15, 0.2) is 0 Å². The van der Waals surface area contributed by atoms with Crippen molar-refractivity contribution in [1.82, 2.24) is 16.0 Å². The molecule has 0 aliphatic heterocycles. The molecule has 0 aromatic rings. The van der Waals surface area contributed by atoms with E-state index in [1.807, 2.05) is 6.92 Å². The summed E-state index contributed by atoms with van der Waals surface area (Å²) in [5.41, 5.74) is 6.24. The Hall–Kier alpha value is -0.730. The van der Waals surface area contributed by atoms with Crippen LogP contribution in [-0.4, -0.2) is 67.6 Å². The number of hydrogen-bond donors (Lipinski definition) is 6. The quantitative estimate of drug-likeness (QED) is 0.101. The molecule has 0 amide bonds. The second-order valence-corrected chi connectivity index (χ2v) is 16.3. The Labute approximate surface area is 270 Å². The molecule has 0 bridgehead atoms. The maximum Gasteiger partial charge on any atom is 0.306 e. The zero-order valence-corrected chi connectivity index (χ0v) is 28.9. The minimum Gasteiger partial charge on any atom is -0.481 e. The first-order chi connectivity index (χ1) is 21.1. The standard InChI is InChI=1S/C37H70N4O3/c1-26(10-7-11-27(2)35(43)44)30-12-13-31-34-32(15-17-37(30,31)4)36(3)16-14-29(24-28(36)25-33(34)42)41-23-9-22-40-20-6-5-19-39-21-8-18-38/h26-34,39-42H,5-25,38H2,1-4H3,(H,43,44)/t26-,27-,28-,29+,30-,31?,32?,33-,34?,36+,37-/m1/s1. The van der Waals surface area contributed by atoms with E-state index in [9.17, 15) is 15.0 Å². The lowest BCUT2D eigenvalue weighted by molar-refractivity contribution is -0.167. The van der Waals surface area contributed by atoms with Gasteiger partial charge in [0.05, 0.1) is 12.0 Å². The Morgan fingerprint density at radius 2 is 1.48 bits per heavy atom. The van der Waals surface area contributed by atoms with E-state index in [-0.39, 0.29) is 12.0 Å². The van der Waals surface area contributed by atoms with Crippen molar-refractivity contribution in [1.29, 1.82) is 0 Å². The van der Waals surface area contributed by atoms with Gasteiger partial charge >= 0.3 is 5.97 Å². The summed E-state index contributed by atoms with van der Waals surface area (Å²) >= 11 is 0. The van der Waals surface area contributed by atoms with Crippen molar-refractivity contribution in [2.45, 2.75) is 136 Å². The molecule has 4 rings (SSSR count). The highest BCUT2D eigenvalue weighted by Crippen LogP contribution is 2.68. The van der Waals surface area contributed by atoms with Gasteiger partial charge in [0.2, 0.25) is 0 Å². The third kappa shape index (κ3) is 8.59. The summed E-state index contributed by atoms with van der Waals surface area (Å²) in [4.78, 5) is 11.3. The summed E-state index contributed by atoms with van der Waals surface area (Å²) in [5.74, 6) is 2.87. The van der Waals surface area contributed by atoms with Gasteiger partial charge in [0, 0.05) is 6.04 Å². The van der Waals surface area contributed by atoms with Crippen LogP contribution in [-0.2, 0) is 4.79 Å². The summed E-state index contributed by atoms with van der Waals surface area (Å²) < 4.78 is 0. The lowest BCUT2D eigenvalue weighted by Crippen LogP contribution is -2.59. The van der Waals surface area contributed by atoms with E-state index in [1.165, 1.54) is 64.2 Å². The van der Waals surface area contributed by atoms with Crippen LogP contribution in [0.4, 0.5) is 0 Å². The maximum atomic E-state index is 11.8. The first-order valence-electron chi connectivity index (χ1n) is 18.9. The van der Waals surface area contributed by atoms with Crippen LogP contribution in [0.15, 0.2) is 0 Å². The van der Waals surface area contributed by atoms with Gasteiger partial charge in [-0.05, 0) is 169 Å². The van der Waals surface area contributed by atoms with Crippen molar-refractivity contribution in [3.8, 4) is 0 Å². The van der Waals surface area contributed by atoms with Crippen molar-refractivity contribution in [2.75, 3.05) is 39.3 Å². The van der Waals surface area contributed by atoms with E-state index in [0.29, 0.717) is 52.4 Å². The highest BCUT2D eigenvalue weighted by Gasteiger charge is 2.62. The molecule has 44 heavy (non-hydrogen) atoms. The van der Waals surface area contributed by atoms with Crippen molar-refractivity contribution in [3.05, 3.63) is 0 Å². The van der Waals surface area contributed by atoms with E-state index < -0.39 is 5.97 Å². The molecule has 0 heterocycles. The number of carbonyl (C=O) groups is 1. The first-order valence-corrected chi connectivity index (χ1v) is 18.9. The third-order valence-corrected chi connectivity index (χ3v) is 13.6. The van der Waals surface area contributed by atoms with Crippen LogP contribution in [0.3, 0.4) is 0 Å². The van der Waals surface area contributed by atoms with Crippen LogP contribution in [0.5, 0.6) is 0 Å². The van der Waals surface area contributed by atoms with Gasteiger partial charge in [-0.2, -0.15) is 0 Å². The van der Waals surface area contributed by atoms with Crippen molar-refractivity contribution >= 4 is 5.97 Å². The first kappa shape index (κ1) is 36.1. The predicted octanol–water partition coefficient (Wildman–Crippen LogP) is 5.80. The molecule has 4 aliphatic rings. The van der Waals surface area contributed by atoms with Gasteiger partial charge in [-0.15, -0.1) is 0 Å². The molecule has 4 aliphatic carbocycles. The lowest BCUT2D eigenvalue weighted by atomic mass is 9.43. The molecular formula is C37H70N4O3. The topological polar surface area (TPSA) is 120 Å². The molecule has 0 spiro atoms. The molecule has 7 N–H and O–H groups in total. The van der Waals surface area contributed by atoms with E-state index in [0.717, 1.165) is 71.4 Å². The van der Waals surface area contributed by atoms with Crippen LogP contribution < -0.4 is 21.7 Å². The summed E-state index contributed by atoms with van der Waals surface area (Å²) in [6, 6.07) is 0.603. The number of unbranched alkanes of at least 4 members (excludes halogenated alkanes) is 1. The Kier molecular flexibility index (Phi) is 13.9. The molecule has 7 heteroatoms. The Bertz CT molecular complexity index is 874. The number of aliphatic hydroxyl groups is 1. The molecular weight excluding hydrogens is 548 g/mol. The Morgan fingerprint density at radius 1 is 0.818 bits per heavy atom. The number of aliphatic carboxylic acids is 1. The fraction of sp³-hybridized carbons (Fsp3) is 0.973. The predicted molar refractivity (Wildman–Crippen MR) is 181 cm³/mol. The van der Waals surface area contributed by atoms with Gasteiger partial charge in [0.1, 0.15) is 0 Å². The summed E-state index contributed by atoms with van der Waals surface area (Å²) in [6.45, 7) is 15.6. The van der Waals surface area contributed by atoms with Gasteiger partial charge in [-0.25, -0.2) is 0 Å². The molecule has 11 atom stereocenters. The molecule has 0 saturated heterocycles. The van der Waals surface area contributed by atoms with Crippen molar-refractivity contribution < 1.29 is 15.0 Å². The Balaban J connectivity index is 1.20. The molecule has 7 nitrogen and oxygen atoms in total. The molecule has 0 aromatic heterocycles. The van der Waals surface area contributed by atoms with Crippen LogP contribution in [0.25, 0.3) is 0 Å². The summed E-state index contributed by atoms with van der Waals surface area (Å²) in [7, 11) is 0. The zero-order valence-electron chi connectivity index (χ0n) is 28.9. The van der Waals surface area contributed by atoms with Crippen molar-refractivity contribution in [2.24, 2.45) is 58.0 Å². The number of fused-ring (bicyclic) bond motifs is 5. The number of rotatable bonds is 19. The van der Waals surface area contributed by atoms with Gasteiger partial charge in [-0.1, -0.05) is 40.5 Å². The Morgan fingerprint density at radius 3 is 2.18 bits per heavy atom. The molecule has 256 valence electrons. The highest BCUT2D eigenvalue weighted by atomic mass is 16.4. The normalized spacial score (nSPS) is 38.0. The molecule has 4 saturated carbocycles. The fourth-order valence-corrected chi connectivity index (χ4v) is 11.0. The van der Waals surface area contributed by atoms with E-state index in [1.54, 1.807) is 0 Å². The van der Waals surface area contributed by atoms with Crippen LogP contribution in [0.2, 0.25) is 0 Å². The smallest absolute Gasteiger partial charge is 0.306 e. The molecule has 0 radical (unpaired) electrons. The van der Waals surface area contributed by atoms with Gasteiger partial charge < -0.3 is 31.9 Å². The van der Waals surface area contributed by atoms with Crippen molar-refractivity contribution in [3.63, 3.8) is 0 Å². The highest BCUT2D eigenvalue weighted by molar-refractivity contribution is 5.69. The van der Waals surface area contributed by atoms with Crippen LogP contribution in [0, 0.1) is 52.3 Å². The average molecular weight is 619 g/mol. The minimum absolute atomic E-state index is 0.146. The largest absolute Gasteiger partial charge is 0.481 e. The molecule has 4 fully saturated rings. The maximum absolute atomic E-state index is 11.8. The van der Waals surface area contributed by atoms with E-state index in [4.69, 9.17) is 5.73 Å². The minimum atomic E-state index is -0.663. The summed E-state index contributed by atoms with van der Waals surface area (Å²) in [5, 5.41) is 32.0. The second-order valence-electron chi connectivity index (χ2n) is 16.3. The number of aliphatic hydroxyl groups excluding tert-OH is 1. The fourth-order valence-electron chi connectivity index (χ4n) is 11.0. The number of carboxylic acids is 1. The average Bonchev–Trinajstić information content (AvgIpc) is 3.35. The van der Waals surface area contributed by atoms with Gasteiger partial charge in [0.25, 0.3) is 0 Å².